The van der Waals surface area contributed by atoms with E-state index in [-0.39, 0.29) is 12.1 Å². The van der Waals surface area contributed by atoms with Gasteiger partial charge in [-0.25, -0.2) is 0 Å². The van der Waals surface area contributed by atoms with Gasteiger partial charge in [-0.2, -0.15) is 5.10 Å². The van der Waals surface area contributed by atoms with Crippen LogP contribution in [0.3, 0.4) is 0 Å². The number of halogens is 1. The van der Waals surface area contributed by atoms with Crippen molar-refractivity contribution in [3.8, 4) is 5.75 Å². The Kier molecular flexibility index (Phi) is 5.26. The lowest BCUT2D eigenvalue weighted by Gasteiger charge is -2.17. The van der Waals surface area contributed by atoms with Gasteiger partial charge in [0, 0.05) is 23.8 Å². The summed E-state index contributed by atoms with van der Waals surface area (Å²) < 4.78 is 5.65. The molecule has 0 radical (unpaired) electrons. The van der Waals surface area contributed by atoms with E-state index in [4.69, 9.17) is 16.3 Å². The van der Waals surface area contributed by atoms with E-state index in [1.807, 2.05) is 45.2 Å². The Balaban J connectivity index is 2.01. The molecule has 2 rings (SSSR count). The summed E-state index contributed by atoms with van der Waals surface area (Å²) in [5.74, 6) is 0.730. The topological polar surface area (TPSA) is 49.9 Å². The van der Waals surface area contributed by atoms with Crippen LogP contribution >= 0.6 is 11.6 Å². The van der Waals surface area contributed by atoms with E-state index in [2.05, 4.69) is 22.4 Å². The molecular weight excluding hydrogens is 286 g/mol. The maximum atomic E-state index is 6.27. The molecule has 1 heterocycles. The smallest absolute Gasteiger partial charge is 0.138 e. The molecule has 0 fully saturated rings. The first-order valence-corrected chi connectivity index (χ1v) is 7.53. The number of aromatic nitrogens is 2. The van der Waals surface area contributed by atoms with Gasteiger partial charge in [0.15, 0.2) is 0 Å². The number of hydrogen-bond donors (Lipinski definition) is 2. The van der Waals surface area contributed by atoms with E-state index in [1.54, 1.807) is 0 Å². The van der Waals surface area contributed by atoms with Gasteiger partial charge in [-0.1, -0.05) is 17.7 Å². The molecule has 1 aromatic heterocycles. The second-order valence-electron chi connectivity index (χ2n) is 5.48. The fraction of sp³-hybridized carbons (Fsp3) is 0.438. The Hall–Kier alpha value is -1.52. The number of H-pyrrole nitrogens is 1. The highest BCUT2D eigenvalue weighted by molar-refractivity contribution is 6.32. The zero-order chi connectivity index (χ0) is 15.4. The van der Waals surface area contributed by atoms with Crippen LogP contribution in [0.15, 0.2) is 24.4 Å². The molecule has 1 unspecified atom stereocenters. The monoisotopic (exact) mass is 307 g/mol. The second kappa shape index (κ2) is 6.96. The van der Waals surface area contributed by atoms with E-state index < -0.39 is 0 Å². The lowest BCUT2D eigenvalue weighted by molar-refractivity contribution is 0.242. The Bertz CT molecular complexity index is 595. The van der Waals surface area contributed by atoms with Crippen LogP contribution in [0.2, 0.25) is 5.02 Å². The van der Waals surface area contributed by atoms with E-state index in [1.165, 1.54) is 5.56 Å². The third-order valence-corrected chi connectivity index (χ3v) is 3.65. The van der Waals surface area contributed by atoms with Crippen LogP contribution in [0.25, 0.3) is 0 Å². The molecule has 2 aromatic rings. The summed E-state index contributed by atoms with van der Waals surface area (Å²) in [5, 5.41) is 11.1. The summed E-state index contributed by atoms with van der Waals surface area (Å²) in [6.45, 7) is 8.88. The van der Waals surface area contributed by atoms with Crippen LogP contribution in [0.4, 0.5) is 0 Å². The minimum absolute atomic E-state index is 0.118. The first-order chi connectivity index (χ1) is 9.97. The Morgan fingerprint density at radius 2 is 2.10 bits per heavy atom. The van der Waals surface area contributed by atoms with Crippen molar-refractivity contribution < 1.29 is 4.74 Å². The zero-order valence-electron chi connectivity index (χ0n) is 12.9. The number of rotatable bonds is 6. The SMILES string of the molecule is Cc1[nH]ncc1CNC(C)c1ccc(OC(C)C)c(Cl)c1. The highest BCUT2D eigenvalue weighted by Gasteiger charge is 2.10. The van der Waals surface area contributed by atoms with E-state index in [0.29, 0.717) is 5.02 Å². The standard InChI is InChI=1S/C16H22ClN3O/c1-10(2)21-16-6-5-13(7-15(16)17)11(3)18-8-14-9-19-20-12(14)4/h5-7,9-11,18H,8H2,1-4H3,(H,19,20). The van der Waals surface area contributed by atoms with Gasteiger partial charge in [0.1, 0.15) is 5.75 Å². The van der Waals surface area contributed by atoms with Crippen molar-refractivity contribution in [1.29, 1.82) is 0 Å². The minimum atomic E-state index is 0.118. The van der Waals surface area contributed by atoms with Crippen molar-refractivity contribution in [2.24, 2.45) is 0 Å². The maximum Gasteiger partial charge on any atom is 0.138 e. The summed E-state index contributed by atoms with van der Waals surface area (Å²) in [4.78, 5) is 0. The lowest BCUT2D eigenvalue weighted by atomic mass is 10.1. The van der Waals surface area contributed by atoms with E-state index in [0.717, 1.165) is 23.6 Å². The molecule has 4 nitrogen and oxygen atoms in total. The maximum absolute atomic E-state index is 6.27. The molecule has 21 heavy (non-hydrogen) atoms. The molecule has 1 atom stereocenters. The average Bonchev–Trinajstić information content (AvgIpc) is 2.83. The zero-order valence-corrected chi connectivity index (χ0v) is 13.7. The van der Waals surface area contributed by atoms with Crippen LogP contribution in [0.1, 0.15) is 43.6 Å². The van der Waals surface area contributed by atoms with E-state index >= 15 is 0 Å². The molecule has 0 saturated carbocycles. The highest BCUT2D eigenvalue weighted by Crippen LogP contribution is 2.28. The van der Waals surface area contributed by atoms with Crippen LogP contribution in [-0.2, 0) is 6.54 Å². The van der Waals surface area contributed by atoms with Crippen LogP contribution in [-0.4, -0.2) is 16.3 Å². The highest BCUT2D eigenvalue weighted by atomic mass is 35.5. The Morgan fingerprint density at radius 1 is 1.33 bits per heavy atom. The van der Waals surface area contributed by atoms with Gasteiger partial charge < -0.3 is 10.1 Å². The van der Waals surface area contributed by atoms with Gasteiger partial charge in [0.05, 0.1) is 17.3 Å². The molecule has 0 aliphatic heterocycles. The first kappa shape index (κ1) is 15.9. The fourth-order valence-electron chi connectivity index (χ4n) is 2.07. The minimum Gasteiger partial charge on any atom is -0.489 e. The number of aryl methyl sites for hydroxylation is 1. The number of nitrogens with zero attached hydrogens (tertiary/aromatic N) is 1. The number of ether oxygens (including phenoxy) is 1. The van der Waals surface area contributed by atoms with E-state index in [9.17, 15) is 0 Å². The summed E-state index contributed by atoms with van der Waals surface area (Å²) in [6.07, 6.45) is 1.97. The lowest BCUT2D eigenvalue weighted by Crippen LogP contribution is -2.18. The van der Waals surface area contributed by atoms with Crippen molar-refractivity contribution in [2.45, 2.75) is 46.4 Å². The van der Waals surface area contributed by atoms with Gasteiger partial charge in [0.2, 0.25) is 0 Å². The molecule has 0 spiro atoms. The summed E-state index contributed by atoms with van der Waals surface area (Å²) in [5.41, 5.74) is 3.40. The molecule has 0 saturated heterocycles. The molecule has 1 aromatic carbocycles. The van der Waals surface area contributed by atoms with Crippen molar-refractivity contribution in [3.63, 3.8) is 0 Å². The Labute approximate surface area is 130 Å². The molecule has 0 aliphatic rings. The second-order valence-corrected chi connectivity index (χ2v) is 5.89. The van der Waals surface area contributed by atoms with Crippen LogP contribution < -0.4 is 10.1 Å². The number of nitrogens with one attached hydrogen (secondary N) is 2. The summed E-state index contributed by atoms with van der Waals surface area (Å²) in [6, 6.07) is 6.13. The van der Waals surface area contributed by atoms with Gasteiger partial charge in [-0.3, -0.25) is 5.10 Å². The largest absolute Gasteiger partial charge is 0.489 e. The molecule has 0 aliphatic carbocycles. The third kappa shape index (κ3) is 4.22. The number of aromatic amines is 1. The molecule has 2 N–H and O–H groups in total. The summed E-state index contributed by atoms with van der Waals surface area (Å²) >= 11 is 6.27. The molecule has 5 heteroatoms. The number of hydrogen-bond acceptors (Lipinski definition) is 3. The fourth-order valence-corrected chi connectivity index (χ4v) is 2.30. The first-order valence-electron chi connectivity index (χ1n) is 7.15. The van der Waals surface area contributed by atoms with Gasteiger partial charge in [-0.05, 0) is 45.4 Å². The predicted molar refractivity (Wildman–Crippen MR) is 85.8 cm³/mol. The number of benzene rings is 1. The van der Waals surface area contributed by atoms with Crippen molar-refractivity contribution in [1.82, 2.24) is 15.5 Å². The Morgan fingerprint density at radius 3 is 2.67 bits per heavy atom. The van der Waals surface area contributed by atoms with Gasteiger partial charge in [0.25, 0.3) is 0 Å². The normalized spacial score (nSPS) is 12.7. The quantitative estimate of drug-likeness (QED) is 0.847. The van der Waals surface area contributed by atoms with Gasteiger partial charge >= 0.3 is 0 Å². The van der Waals surface area contributed by atoms with Crippen LogP contribution in [0, 0.1) is 6.92 Å². The van der Waals surface area contributed by atoms with Crippen molar-refractivity contribution >= 4 is 11.6 Å². The predicted octanol–water partition coefficient (Wildman–Crippen LogP) is 4.01. The summed E-state index contributed by atoms with van der Waals surface area (Å²) in [7, 11) is 0. The average molecular weight is 308 g/mol. The molecule has 0 amide bonds. The van der Waals surface area contributed by atoms with Gasteiger partial charge in [-0.15, -0.1) is 0 Å². The van der Waals surface area contributed by atoms with Crippen LogP contribution in [0.5, 0.6) is 5.75 Å². The molecular formula is C16H22ClN3O. The molecule has 114 valence electrons. The van der Waals surface area contributed by atoms with Crippen molar-refractivity contribution in [2.75, 3.05) is 0 Å². The van der Waals surface area contributed by atoms with Crippen molar-refractivity contribution in [3.05, 3.63) is 46.2 Å². The molecule has 0 bridgehead atoms. The third-order valence-electron chi connectivity index (χ3n) is 3.35.